The number of nitrogens with zero attached hydrogens (tertiary/aromatic N) is 4. The third-order valence-corrected chi connectivity index (χ3v) is 6.37. The van der Waals surface area contributed by atoms with Crippen molar-refractivity contribution < 1.29 is 4.79 Å². The van der Waals surface area contributed by atoms with Crippen molar-refractivity contribution in [1.29, 1.82) is 0 Å². The molecule has 1 heterocycles. The Morgan fingerprint density at radius 3 is 2.36 bits per heavy atom. The molecule has 3 aromatic carbocycles. The van der Waals surface area contributed by atoms with Gasteiger partial charge in [0.25, 0.3) is 5.91 Å². The lowest BCUT2D eigenvalue weighted by Crippen LogP contribution is -2.21. The summed E-state index contributed by atoms with van der Waals surface area (Å²) in [7, 11) is 0. The van der Waals surface area contributed by atoms with Gasteiger partial charge in [-0.25, -0.2) is 5.43 Å². The van der Waals surface area contributed by atoms with E-state index in [-0.39, 0.29) is 11.7 Å². The van der Waals surface area contributed by atoms with Crippen molar-refractivity contribution in [2.24, 2.45) is 5.10 Å². The molecule has 4 rings (SSSR count). The summed E-state index contributed by atoms with van der Waals surface area (Å²) >= 11 is 13.3. The van der Waals surface area contributed by atoms with Gasteiger partial charge in [0, 0.05) is 11.3 Å². The van der Waals surface area contributed by atoms with Crippen LogP contribution >= 0.6 is 35.0 Å². The second kappa shape index (κ2) is 10.7. The first-order valence-corrected chi connectivity index (χ1v) is 11.7. The van der Waals surface area contributed by atoms with Crippen LogP contribution in [0.2, 0.25) is 10.0 Å². The molecular weight excluding hydrogens is 477 g/mol. The summed E-state index contributed by atoms with van der Waals surface area (Å²) < 4.78 is 1.94. The van der Waals surface area contributed by atoms with E-state index in [0.717, 1.165) is 16.8 Å². The zero-order valence-electron chi connectivity index (χ0n) is 17.6. The lowest BCUT2D eigenvalue weighted by Gasteiger charge is -2.10. The fourth-order valence-electron chi connectivity index (χ4n) is 3.04. The Labute approximate surface area is 205 Å². The minimum absolute atomic E-state index is 0.123. The predicted molar refractivity (Wildman–Crippen MR) is 134 cm³/mol. The summed E-state index contributed by atoms with van der Waals surface area (Å²) in [6.07, 6.45) is 0. The molecular formula is C24H19Cl2N5OS. The van der Waals surface area contributed by atoms with Crippen LogP contribution in [0.5, 0.6) is 0 Å². The minimum atomic E-state index is -0.261. The highest BCUT2D eigenvalue weighted by molar-refractivity contribution is 7.99. The summed E-state index contributed by atoms with van der Waals surface area (Å²) in [5.41, 5.74) is 5.82. The summed E-state index contributed by atoms with van der Waals surface area (Å²) in [4.78, 5) is 12.5. The summed E-state index contributed by atoms with van der Waals surface area (Å²) in [5, 5.41) is 14.4. The van der Waals surface area contributed by atoms with Gasteiger partial charge in [0.15, 0.2) is 11.0 Å². The first kappa shape index (κ1) is 23.0. The van der Waals surface area contributed by atoms with Gasteiger partial charge < -0.3 is 0 Å². The van der Waals surface area contributed by atoms with E-state index in [1.807, 2.05) is 65.2 Å². The van der Waals surface area contributed by atoms with Crippen LogP contribution in [0.25, 0.3) is 17.1 Å². The number of rotatable bonds is 7. The van der Waals surface area contributed by atoms with E-state index in [1.54, 1.807) is 25.1 Å². The van der Waals surface area contributed by atoms with E-state index < -0.39 is 0 Å². The molecule has 0 aliphatic heterocycles. The Balaban J connectivity index is 1.49. The van der Waals surface area contributed by atoms with Gasteiger partial charge in [0.05, 0.1) is 21.5 Å². The number of hydrogen-bond acceptors (Lipinski definition) is 5. The molecule has 1 aromatic heterocycles. The third kappa shape index (κ3) is 5.63. The number of aromatic nitrogens is 3. The quantitative estimate of drug-likeness (QED) is 0.197. The molecule has 166 valence electrons. The van der Waals surface area contributed by atoms with Gasteiger partial charge in [-0.15, -0.1) is 10.2 Å². The van der Waals surface area contributed by atoms with Crippen molar-refractivity contribution in [3.05, 3.63) is 94.5 Å². The van der Waals surface area contributed by atoms with Gasteiger partial charge in [-0.3, -0.25) is 9.36 Å². The maximum atomic E-state index is 12.5. The first-order chi connectivity index (χ1) is 16.0. The lowest BCUT2D eigenvalue weighted by atomic mass is 10.1. The summed E-state index contributed by atoms with van der Waals surface area (Å²) in [6.45, 7) is 1.78. The van der Waals surface area contributed by atoms with Gasteiger partial charge in [-0.05, 0) is 36.8 Å². The summed E-state index contributed by atoms with van der Waals surface area (Å²) in [6, 6.07) is 24.8. The largest absolute Gasteiger partial charge is 0.272 e. The topological polar surface area (TPSA) is 72.2 Å². The Kier molecular flexibility index (Phi) is 7.44. The van der Waals surface area contributed by atoms with Crippen LogP contribution in [0.3, 0.4) is 0 Å². The highest BCUT2D eigenvalue weighted by atomic mass is 35.5. The second-order valence-electron chi connectivity index (χ2n) is 6.99. The first-order valence-electron chi connectivity index (χ1n) is 10.0. The average molecular weight is 496 g/mol. The molecule has 0 aliphatic carbocycles. The molecule has 1 N–H and O–H groups in total. The molecule has 6 nitrogen and oxygen atoms in total. The predicted octanol–water partition coefficient (Wildman–Crippen LogP) is 5.87. The van der Waals surface area contributed by atoms with E-state index in [2.05, 4.69) is 20.7 Å². The number of hydrazone groups is 1. The van der Waals surface area contributed by atoms with E-state index >= 15 is 0 Å². The number of carbonyl (C=O) groups excluding carboxylic acids is 1. The van der Waals surface area contributed by atoms with E-state index in [1.165, 1.54) is 11.8 Å². The van der Waals surface area contributed by atoms with E-state index in [0.29, 0.717) is 26.7 Å². The van der Waals surface area contributed by atoms with Crippen molar-refractivity contribution in [2.45, 2.75) is 12.1 Å². The SMILES string of the molecule is C/C(=N\NC(=O)CSc1nnc(-c2ccccc2)n1-c1ccccc1)c1ccc(Cl)c(Cl)c1. The molecule has 0 saturated carbocycles. The highest BCUT2D eigenvalue weighted by Gasteiger charge is 2.17. The Morgan fingerprint density at radius 1 is 0.970 bits per heavy atom. The van der Waals surface area contributed by atoms with Gasteiger partial charge in [0.1, 0.15) is 0 Å². The number of hydrogen-bond donors (Lipinski definition) is 1. The molecule has 9 heteroatoms. The molecule has 0 aliphatic rings. The number of para-hydroxylation sites is 1. The Bertz CT molecular complexity index is 1290. The molecule has 0 bridgehead atoms. The molecule has 0 unspecified atom stereocenters. The van der Waals surface area contributed by atoms with Gasteiger partial charge in [-0.1, -0.05) is 89.6 Å². The number of halogens is 2. The number of amides is 1. The number of thioether (sulfide) groups is 1. The van der Waals surface area contributed by atoms with Crippen molar-refractivity contribution in [1.82, 2.24) is 20.2 Å². The van der Waals surface area contributed by atoms with Crippen LogP contribution in [0.1, 0.15) is 12.5 Å². The normalized spacial score (nSPS) is 11.4. The highest BCUT2D eigenvalue weighted by Crippen LogP contribution is 2.28. The fourth-order valence-corrected chi connectivity index (χ4v) is 4.08. The van der Waals surface area contributed by atoms with E-state index in [9.17, 15) is 4.79 Å². The Morgan fingerprint density at radius 2 is 1.67 bits per heavy atom. The van der Waals surface area contributed by atoms with Crippen LogP contribution in [-0.4, -0.2) is 32.1 Å². The second-order valence-corrected chi connectivity index (χ2v) is 8.75. The molecule has 33 heavy (non-hydrogen) atoms. The zero-order chi connectivity index (χ0) is 23.2. The Hall–Kier alpha value is -3.13. The lowest BCUT2D eigenvalue weighted by molar-refractivity contribution is -0.118. The van der Waals surface area contributed by atoms with Gasteiger partial charge >= 0.3 is 0 Å². The van der Waals surface area contributed by atoms with Crippen molar-refractivity contribution in [3.8, 4) is 17.1 Å². The zero-order valence-corrected chi connectivity index (χ0v) is 19.9. The number of nitrogens with one attached hydrogen (secondary N) is 1. The van der Waals surface area contributed by atoms with E-state index in [4.69, 9.17) is 23.2 Å². The standard InChI is InChI=1S/C24H19Cl2N5OS/c1-16(18-12-13-20(25)21(26)14-18)27-28-22(32)15-33-24-30-29-23(17-8-4-2-5-9-17)31(24)19-10-6-3-7-11-19/h2-14H,15H2,1H3,(H,28,32)/b27-16+. The third-order valence-electron chi connectivity index (χ3n) is 4.70. The van der Waals surface area contributed by atoms with Crippen LogP contribution in [0.4, 0.5) is 0 Å². The maximum Gasteiger partial charge on any atom is 0.250 e. The van der Waals surface area contributed by atoms with Crippen molar-refractivity contribution in [3.63, 3.8) is 0 Å². The smallest absolute Gasteiger partial charge is 0.250 e. The molecule has 0 saturated heterocycles. The average Bonchev–Trinajstić information content (AvgIpc) is 3.28. The van der Waals surface area contributed by atoms with Gasteiger partial charge in [-0.2, -0.15) is 5.10 Å². The van der Waals surface area contributed by atoms with Crippen LogP contribution in [-0.2, 0) is 4.79 Å². The number of benzene rings is 3. The molecule has 0 radical (unpaired) electrons. The number of carbonyl (C=O) groups is 1. The molecule has 1 amide bonds. The molecule has 0 fully saturated rings. The van der Waals surface area contributed by atoms with Crippen LogP contribution in [0.15, 0.2) is 89.1 Å². The van der Waals surface area contributed by atoms with Crippen LogP contribution in [0, 0.1) is 0 Å². The monoisotopic (exact) mass is 495 g/mol. The maximum absolute atomic E-state index is 12.5. The fraction of sp³-hybridized carbons (Fsp3) is 0.0833. The van der Waals surface area contributed by atoms with Crippen LogP contribution < -0.4 is 5.43 Å². The van der Waals surface area contributed by atoms with Crippen molar-refractivity contribution in [2.75, 3.05) is 5.75 Å². The minimum Gasteiger partial charge on any atom is -0.272 e. The molecule has 4 aromatic rings. The molecule has 0 spiro atoms. The van der Waals surface area contributed by atoms with Gasteiger partial charge in [0.2, 0.25) is 0 Å². The van der Waals surface area contributed by atoms with Crippen molar-refractivity contribution >= 4 is 46.6 Å². The molecule has 0 atom stereocenters. The summed E-state index contributed by atoms with van der Waals surface area (Å²) in [5.74, 6) is 0.569.